The van der Waals surface area contributed by atoms with Crippen molar-refractivity contribution < 1.29 is 39.1 Å². The Balaban J connectivity index is 1.16. The van der Waals surface area contributed by atoms with Gasteiger partial charge in [0.15, 0.2) is 0 Å². The number of carbonyl (C=O) groups is 2. The van der Waals surface area contributed by atoms with Crippen LogP contribution >= 0.6 is 0 Å². The smallest absolute Gasteiger partial charge is 0.309 e. The fourth-order valence-corrected chi connectivity index (χ4v) is 7.56. The minimum Gasteiger partial charge on any atom is -0.462 e. The highest BCUT2D eigenvalue weighted by atomic mass is 16.6. The third kappa shape index (κ3) is 14.7. The SMILES string of the molecule is CCCCCCCCCC[C@H](O)[C@H]1CC[C@H]([C@H](O)CC[C@H](O)[C@@H]2CCC(CCCCCCC[C@@H]3C[C@H](CC(C)=O)C(=O)O3)O2)O1. The van der Waals surface area contributed by atoms with Gasteiger partial charge in [-0.1, -0.05) is 84.0 Å². The van der Waals surface area contributed by atoms with Crippen molar-refractivity contribution in [3.05, 3.63) is 0 Å². The fraction of sp³-hybridized carbons (Fsp3) is 0.946. The molecule has 0 bridgehead atoms. The second-order valence-electron chi connectivity index (χ2n) is 14.4. The zero-order valence-electron chi connectivity index (χ0n) is 28.5. The molecule has 3 aliphatic rings. The normalized spacial score (nSPS) is 28.8. The lowest BCUT2D eigenvalue weighted by molar-refractivity contribution is -0.145. The van der Waals surface area contributed by atoms with Gasteiger partial charge in [-0.2, -0.15) is 0 Å². The van der Waals surface area contributed by atoms with Crippen molar-refractivity contribution in [3.63, 3.8) is 0 Å². The van der Waals surface area contributed by atoms with E-state index in [1.165, 1.54) is 45.4 Å². The van der Waals surface area contributed by atoms with Gasteiger partial charge in [0.1, 0.15) is 11.9 Å². The second kappa shape index (κ2) is 21.7. The molecule has 3 heterocycles. The van der Waals surface area contributed by atoms with E-state index in [9.17, 15) is 24.9 Å². The summed E-state index contributed by atoms with van der Waals surface area (Å²) in [5, 5.41) is 32.1. The first-order valence-corrected chi connectivity index (χ1v) is 18.8. The second-order valence-corrected chi connectivity index (χ2v) is 14.4. The van der Waals surface area contributed by atoms with Crippen molar-refractivity contribution in [2.45, 2.75) is 217 Å². The molecule has 0 radical (unpaired) electrons. The maximum absolute atomic E-state index is 11.9. The molecule has 0 aliphatic carbocycles. The Bertz CT molecular complexity index is 820. The van der Waals surface area contributed by atoms with Crippen LogP contribution in [0.5, 0.6) is 0 Å². The van der Waals surface area contributed by atoms with Gasteiger partial charge in [-0.15, -0.1) is 0 Å². The number of rotatable bonds is 25. The summed E-state index contributed by atoms with van der Waals surface area (Å²) in [6, 6.07) is 0. The van der Waals surface area contributed by atoms with Crippen molar-refractivity contribution in [3.8, 4) is 0 Å². The number of carbonyl (C=O) groups excluding carboxylic acids is 2. The van der Waals surface area contributed by atoms with Gasteiger partial charge in [0.05, 0.1) is 48.6 Å². The maximum Gasteiger partial charge on any atom is 0.309 e. The van der Waals surface area contributed by atoms with Crippen LogP contribution in [0, 0.1) is 5.92 Å². The number of aliphatic hydroxyl groups excluding tert-OH is 3. The highest BCUT2D eigenvalue weighted by Gasteiger charge is 2.36. The van der Waals surface area contributed by atoms with Crippen LogP contribution in [0.3, 0.4) is 0 Å². The van der Waals surface area contributed by atoms with Crippen LogP contribution in [0.2, 0.25) is 0 Å². The van der Waals surface area contributed by atoms with E-state index in [2.05, 4.69) is 6.92 Å². The number of hydrogen-bond acceptors (Lipinski definition) is 8. The molecule has 0 spiro atoms. The van der Waals surface area contributed by atoms with Gasteiger partial charge in [-0.05, 0) is 77.6 Å². The van der Waals surface area contributed by atoms with Crippen molar-refractivity contribution in [1.29, 1.82) is 0 Å². The van der Waals surface area contributed by atoms with Gasteiger partial charge in [0.25, 0.3) is 0 Å². The Morgan fingerprint density at radius 1 is 0.667 bits per heavy atom. The number of aliphatic hydroxyl groups is 3. The van der Waals surface area contributed by atoms with Crippen LogP contribution in [-0.4, -0.2) is 75.9 Å². The summed E-state index contributed by atoms with van der Waals surface area (Å²) in [7, 11) is 0. The topological polar surface area (TPSA) is 123 Å². The van der Waals surface area contributed by atoms with Crippen molar-refractivity contribution >= 4 is 11.8 Å². The van der Waals surface area contributed by atoms with Gasteiger partial charge in [-0.3, -0.25) is 4.79 Å². The molecule has 3 saturated heterocycles. The summed E-state index contributed by atoms with van der Waals surface area (Å²) in [5.41, 5.74) is 0. The Kier molecular flexibility index (Phi) is 18.5. The predicted molar refractivity (Wildman–Crippen MR) is 176 cm³/mol. The van der Waals surface area contributed by atoms with Crippen LogP contribution in [-0.2, 0) is 23.8 Å². The summed E-state index contributed by atoms with van der Waals surface area (Å²) >= 11 is 0. The summed E-state index contributed by atoms with van der Waals surface area (Å²) in [6.07, 6.45) is 21.5. The number of ketones is 1. The van der Waals surface area contributed by atoms with E-state index in [0.717, 1.165) is 89.9 Å². The van der Waals surface area contributed by atoms with Gasteiger partial charge < -0.3 is 34.3 Å². The third-order valence-corrected chi connectivity index (χ3v) is 10.4. The van der Waals surface area contributed by atoms with Crippen LogP contribution < -0.4 is 0 Å². The molecule has 3 N–H and O–H groups in total. The van der Waals surface area contributed by atoms with E-state index >= 15 is 0 Å². The van der Waals surface area contributed by atoms with E-state index in [1.807, 2.05) is 0 Å². The molecular weight excluding hydrogens is 572 g/mol. The first-order valence-electron chi connectivity index (χ1n) is 18.8. The molecule has 8 nitrogen and oxygen atoms in total. The quantitative estimate of drug-likeness (QED) is 0.0714. The molecule has 262 valence electrons. The predicted octanol–water partition coefficient (Wildman–Crippen LogP) is 7.12. The molecule has 3 rings (SSSR count). The number of Topliss-reactive ketones (excluding diaryl/α,β-unsaturated/α-hetero) is 1. The summed E-state index contributed by atoms with van der Waals surface area (Å²) < 4.78 is 17.7. The first kappa shape index (κ1) is 38.4. The fourth-order valence-electron chi connectivity index (χ4n) is 7.56. The minimum atomic E-state index is -0.625. The summed E-state index contributed by atoms with van der Waals surface area (Å²) in [6.45, 7) is 3.77. The molecule has 0 aromatic heterocycles. The Morgan fingerprint density at radius 2 is 1.16 bits per heavy atom. The molecule has 3 fully saturated rings. The molecule has 9 atom stereocenters. The van der Waals surface area contributed by atoms with E-state index in [1.54, 1.807) is 0 Å². The number of unbranched alkanes of at least 4 members (excludes halogenated alkanes) is 11. The monoisotopic (exact) mass is 638 g/mol. The molecule has 1 unspecified atom stereocenters. The highest BCUT2D eigenvalue weighted by Crippen LogP contribution is 2.31. The lowest BCUT2D eigenvalue weighted by Crippen LogP contribution is -2.33. The van der Waals surface area contributed by atoms with Gasteiger partial charge >= 0.3 is 5.97 Å². The van der Waals surface area contributed by atoms with Gasteiger partial charge in [0.2, 0.25) is 0 Å². The number of ether oxygens (including phenoxy) is 3. The van der Waals surface area contributed by atoms with Crippen molar-refractivity contribution in [2.24, 2.45) is 5.92 Å². The highest BCUT2D eigenvalue weighted by molar-refractivity contribution is 5.83. The Hall–Kier alpha value is -1.06. The zero-order chi connectivity index (χ0) is 32.4. The lowest BCUT2D eigenvalue weighted by Gasteiger charge is -2.24. The number of cyclic esters (lactones) is 1. The molecule has 45 heavy (non-hydrogen) atoms. The molecule has 0 aromatic rings. The Morgan fingerprint density at radius 3 is 1.76 bits per heavy atom. The van der Waals surface area contributed by atoms with E-state index in [0.29, 0.717) is 25.7 Å². The molecule has 8 heteroatoms. The average molecular weight is 639 g/mol. The zero-order valence-corrected chi connectivity index (χ0v) is 28.5. The molecule has 3 aliphatic heterocycles. The van der Waals surface area contributed by atoms with E-state index < -0.39 is 18.3 Å². The third-order valence-electron chi connectivity index (χ3n) is 10.4. The molecule has 0 aromatic carbocycles. The van der Waals surface area contributed by atoms with E-state index in [-0.39, 0.29) is 48.2 Å². The largest absolute Gasteiger partial charge is 0.462 e. The number of hydrogen-bond donors (Lipinski definition) is 3. The molecule has 0 amide bonds. The first-order chi connectivity index (χ1) is 21.8. The average Bonchev–Trinajstić information content (AvgIpc) is 3.77. The minimum absolute atomic E-state index is 0.0249. The van der Waals surface area contributed by atoms with Crippen LogP contribution in [0.1, 0.15) is 168 Å². The van der Waals surface area contributed by atoms with Gasteiger partial charge in [0, 0.05) is 6.42 Å². The Labute approximate surface area is 273 Å². The maximum atomic E-state index is 11.9. The van der Waals surface area contributed by atoms with Gasteiger partial charge in [-0.25, -0.2) is 0 Å². The number of esters is 1. The van der Waals surface area contributed by atoms with Crippen molar-refractivity contribution in [2.75, 3.05) is 0 Å². The van der Waals surface area contributed by atoms with Crippen LogP contribution in [0.25, 0.3) is 0 Å². The summed E-state index contributed by atoms with van der Waals surface area (Å²) in [4.78, 5) is 23.2. The lowest BCUT2D eigenvalue weighted by atomic mass is 9.96. The van der Waals surface area contributed by atoms with Crippen LogP contribution in [0.15, 0.2) is 0 Å². The molecular formula is C37H66O8. The van der Waals surface area contributed by atoms with E-state index in [4.69, 9.17) is 14.2 Å². The van der Waals surface area contributed by atoms with Crippen molar-refractivity contribution in [1.82, 2.24) is 0 Å². The standard InChI is InChI=1S/C37H66O8/c1-3-4-5-6-7-8-12-15-18-31(39)35-23-24-36(45-35)33(41)21-20-32(40)34-22-19-29(43-34)16-13-10-9-11-14-17-30-26-28(25-27(2)38)37(42)44-30/h28-36,39-41H,3-26H2,1-2H3/t28-,29?,30+,31-,32-,33+,34-,35+,36+/m0/s1. The molecule has 0 saturated carbocycles. The summed E-state index contributed by atoms with van der Waals surface area (Å²) in [5.74, 6) is -0.398. The van der Waals surface area contributed by atoms with Crippen LogP contribution in [0.4, 0.5) is 0 Å².